The van der Waals surface area contributed by atoms with Crippen LogP contribution in [0.1, 0.15) is 19.8 Å². The van der Waals surface area contributed by atoms with Crippen molar-refractivity contribution in [1.82, 2.24) is 4.72 Å². The van der Waals surface area contributed by atoms with E-state index in [0.29, 0.717) is 12.5 Å². The summed E-state index contributed by atoms with van der Waals surface area (Å²) in [6.45, 7) is 1.77. The summed E-state index contributed by atoms with van der Waals surface area (Å²) in [5.74, 6) is -2.44. The van der Waals surface area contributed by atoms with Crippen LogP contribution in [0, 0.1) is 11.6 Å². The maximum atomic E-state index is 13.5. The average molecular weight is 307 g/mol. The number of nitrogens with one attached hydrogen (secondary N) is 1. The fourth-order valence-electron chi connectivity index (χ4n) is 1.57. The van der Waals surface area contributed by atoms with Gasteiger partial charge in [0.1, 0.15) is 16.5 Å². The maximum Gasteiger partial charge on any atom is 0.244 e. The minimum Gasteiger partial charge on any atom is -0.409 e. The third-order valence-corrected chi connectivity index (χ3v) is 4.04. The van der Waals surface area contributed by atoms with Crippen molar-refractivity contribution >= 4 is 15.9 Å². The maximum absolute atomic E-state index is 13.5. The molecule has 0 bridgehead atoms. The van der Waals surface area contributed by atoms with E-state index >= 15 is 0 Å². The number of oxime groups is 1. The molecule has 1 atom stereocenters. The SMILES string of the molecule is CCCC(NS(=O)(=O)c1ccc(F)cc1F)/C(N)=N/O. The van der Waals surface area contributed by atoms with Crippen LogP contribution in [0.5, 0.6) is 0 Å². The lowest BCUT2D eigenvalue weighted by atomic mass is 10.2. The van der Waals surface area contributed by atoms with Crippen LogP contribution in [-0.4, -0.2) is 25.5 Å². The van der Waals surface area contributed by atoms with Crippen LogP contribution in [0.15, 0.2) is 28.3 Å². The first-order valence-electron chi connectivity index (χ1n) is 5.76. The Morgan fingerprint density at radius 1 is 1.50 bits per heavy atom. The second-order valence-electron chi connectivity index (χ2n) is 4.06. The number of halogens is 2. The van der Waals surface area contributed by atoms with Crippen LogP contribution in [0.4, 0.5) is 8.78 Å². The molecule has 0 spiro atoms. The monoisotopic (exact) mass is 307 g/mol. The number of sulfonamides is 1. The summed E-state index contributed by atoms with van der Waals surface area (Å²) >= 11 is 0. The number of hydrogen-bond donors (Lipinski definition) is 3. The summed E-state index contributed by atoms with van der Waals surface area (Å²) in [6, 6.07) is 1.13. The highest BCUT2D eigenvalue weighted by molar-refractivity contribution is 7.89. The van der Waals surface area contributed by atoms with E-state index in [9.17, 15) is 17.2 Å². The first-order chi connectivity index (χ1) is 9.31. The van der Waals surface area contributed by atoms with Gasteiger partial charge in [0.15, 0.2) is 5.84 Å². The van der Waals surface area contributed by atoms with Gasteiger partial charge in [-0.2, -0.15) is 0 Å². The predicted molar refractivity (Wildman–Crippen MR) is 68.8 cm³/mol. The molecule has 0 aliphatic carbocycles. The van der Waals surface area contributed by atoms with Gasteiger partial charge in [-0.05, 0) is 18.6 Å². The lowest BCUT2D eigenvalue weighted by molar-refractivity contribution is 0.315. The second kappa shape index (κ2) is 6.62. The largest absolute Gasteiger partial charge is 0.409 e. The van der Waals surface area contributed by atoms with Crippen molar-refractivity contribution in [2.45, 2.75) is 30.7 Å². The van der Waals surface area contributed by atoms with Gasteiger partial charge in [0.2, 0.25) is 10.0 Å². The van der Waals surface area contributed by atoms with Crippen molar-refractivity contribution in [1.29, 1.82) is 0 Å². The average Bonchev–Trinajstić information content (AvgIpc) is 2.36. The molecular weight excluding hydrogens is 292 g/mol. The van der Waals surface area contributed by atoms with Crippen LogP contribution >= 0.6 is 0 Å². The van der Waals surface area contributed by atoms with Crippen LogP contribution in [-0.2, 0) is 10.0 Å². The number of nitrogens with two attached hydrogens (primary N) is 1. The van der Waals surface area contributed by atoms with Gasteiger partial charge >= 0.3 is 0 Å². The number of amidine groups is 1. The van der Waals surface area contributed by atoms with Crippen molar-refractivity contribution in [3.8, 4) is 0 Å². The molecule has 0 saturated carbocycles. The highest BCUT2D eigenvalue weighted by atomic mass is 32.2. The number of hydrogen-bond acceptors (Lipinski definition) is 4. The standard InChI is InChI=1S/C11H15F2N3O3S/c1-2-3-9(11(14)15-17)16-20(18,19)10-5-4-7(12)6-8(10)13/h4-6,9,16-17H,2-3H2,1H3,(H2,14,15). The first-order valence-corrected chi connectivity index (χ1v) is 7.25. The summed E-state index contributed by atoms with van der Waals surface area (Å²) in [5, 5.41) is 11.3. The number of nitrogens with zero attached hydrogens (tertiary/aromatic N) is 1. The second-order valence-corrected chi connectivity index (χ2v) is 5.74. The fraction of sp³-hybridized carbons (Fsp3) is 0.364. The summed E-state index contributed by atoms with van der Waals surface area (Å²) in [5.41, 5.74) is 5.37. The third-order valence-electron chi connectivity index (χ3n) is 2.53. The van der Waals surface area contributed by atoms with E-state index in [0.717, 1.165) is 12.1 Å². The van der Waals surface area contributed by atoms with Crippen molar-refractivity contribution in [2.24, 2.45) is 10.9 Å². The van der Waals surface area contributed by atoms with Crippen molar-refractivity contribution in [3.05, 3.63) is 29.8 Å². The van der Waals surface area contributed by atoms with E-state index in [1.54, 1.807) is 6.92 Å². The van der Waals surface area contributed by atoms with Crippen LogP contribution in [0.25, 0.3) is 0 Å². The Balaban J connectivity index is 3.09. The van der Waals surface area contributed by atoms with E-state index in [-0.39, 0.29) is 12.3 Å². The van der Waals surface area contributed by atoms with Crippen LogP contribution < -0.4 is 10.5 Å². The molecule has 1 aromatic carbocycles. The minimum absolute atomic E-state index is 0.262. The molecule has 0 aliphatic heterocycles. The van der Waals surface area contributed by atoms with Gasteiger partial charge in [-0.25, -0.2) is 21.9 Å². The summed E-state index contributed by atoms with van der Waals surface area (Å²) in [7, 11) is -4.25. The summed E-state index contributed by atoms with van der Waals surface area (Å²) in [4.78, 5) is -0.703. The zero-order chi connectivity index (χ0) is 15.3. The van der Waals surface area contributed by atoms with E-state index in [1.807, 2.05) is 0 Å². The topological polar surface area (TPSA) is 105 Å². The van der Waals surface area contributed by atoms with E-state index in [2.05, 4.69) is 9.88 Å². The Morgan fingerprint density at radius 2 is 2.15 bits per heavy atom. The summed E-state index contributed by atoms with van der Waals surface area (Å²) in [6.07, 6.45) is 0.813. The normalized spacial score (nSPS) is 14.2. The minimum atomic E-state index is -4.25. The quantitative estimate of drug-likeness (QED) is 0.317. The Labute approximate surface area is 115 Å². The van der Waals surface area contributed by atoms with Crippen molar-refractivity contribution in [2.75, 3.05) is 0 Å². The molecule has 0 saturated heterocycles. The molecule has 0 amide bonds. The van der Waals surface area contributed by atoms with Crippen LogP contribution in [0.2, 0.25) is 0 Å². The molecule has 1 unspecified atom stereocenters. The molecule has 6 nitrogen and oxygen atoms in total. The van der Waals surface area contributed by atoms with Gasteiger partial charge in [0.25, 0.3) is 0 Å². The summed E-state index contributed by atoms with van der Waals surface area (Å²) < 4.78 is 52.4. The molecule has 4 N–H and O–H groups in total. The molecule has 0 radical (unpaired) electrons. The van der Waals surface area contributed by atoms with Gasteiger partial charge in [-0.15, -0.1) is 0 Å². The predicted octanol–water partition coefficient (Wildman–Crippen LogP) is 1.16. The lowest BCUT2D eigenvalue weighted by Gasteiger charge is -2.16. The van der Waals surface area contributed by atoms with Crippen molar-refractivity contribution < 1.29 is 22.4 Å². The van der Waals surface area contributed by atoms with Gasteiger partial charge in [0.05, 0.1) is 6.04 Å². The fourth-order valence-corrected chi connectivity index (χ4v) is 2.87. The Morgan fingerprint density at radius 3 is 2.65 bits per heavy atom. The zero-order valence-corrected chi connectivity index (χ0v) is 11.5. The van der Waals surface area contributed by atoms with Crippen molar-refractivity contribution in [3.63, 3.8) is 0 Å². The molecule has 0 fully saturated rings. The highest BCUT2D eigenvalue weighted by Gasteiger charge is 2.25. The Hall–Kier alpha value is -1.74. The third kappa shape index (κ3) is 3.87. The number of benzene rings is 1. The van der Waals surface area contributed by atoms with Crippen LogP contribution in [0.3, 0.4) is 0 Å². The van der Waals surface area contributed by atoms with Gasteiger partial charge in [-0.1, -0.05) is 18.5 Å². The smallest absolute Gasteiger partial charge is 0.244 e. The molecule has 9 heteroatoms. The Bertz CT molecular complexity index is 605. The molecule has 0 heterocycles. The first kappa shape index (κ1) is 16.3. The molecule has 1 rings (SSSR count). The molecule has 0 aromatic heterocycles. The zero-order valence-electron chi connectivity index (χ0n) is 10.7. The molecule has 0 aliphatic rings. The van der Waals surface area contributed by atoms with E-state index in [4.69, 9.17) is 10.9 Å². The van der Waals surface area contributed by atoms with Gasteiger partial charge in [-0.3, -0.25) is 0 Å². The molecular formula is C11H15F2N3O3S. The van der Waals surface area contributed by atoms with Gasteiger partial charge in [0, 0.05) is 6.07 Å². The number of rotatable bonds is 6. The van der Waals surface area contributed by atoms with E-state index in [1.165, 1.54) is 0 Å². The van der Waals surface area contributed by atoms with Gasteiger partial charge < -0.3 is 10.9 Å². The molecule has 112 valence electrons. The van der Waals surface area contributed by atoms with E-state index < -0.39 is 32.6 Å². The molecule has 1 aromatic rings. The molecule has 20 heavy (non-hydrogen) atoms. The Kier molecular flexibility index (Phi) is 5.40. The highest BCUT2D eigenvalue weighted by Crippen LogP contribution is 2.16. The lowest BCUT2D eigenvalue weighted by Crippen LogP contribution is -2.44.